The van der Waals surface area contributed by atoms with Crippen molar-refractivity contribution in [3.05, 3.63) is 64.7 Å². The topological polar surface area (TPSA) is 73.8 Å². The Bertz CT molecular complexity index is 923. The summed E-state index contributed by atoms with van der Waals surface area (Å²) < 4.78 is 26.2. The molecule has 0 aliphatic carbocycles. The Morgan fingerprint density at radius 2 is 1.66 bits per heavy atom. The van der Waals surface area contributed by atoms with Crippen LogP contribution < -0.4 is 10.6 Å². The monoisotopic (exact) mass is 530 g/mol. The van der Waals surface area contributed by atoms with Crippen molar-refractivity contribution >= 4 is 40.0 Å². The van der Waals surface area contributed by atoms with Gasteiger partial charge in [-0.3, -0.25) is 4.99 Å². The minimum Gasteiger partial charge on any atom is -0.356 e. The van der Waals surface area contributed by atoms with Crippen LogP contribution in [0.5, 0.6) is 0 Å². The Balaban J connectivity index is 0.00000420. The molecule has 2 rings (SSSR count). The molecule has 0 atom stereocenters. The van der Waals surface area contributed by atoms with Gasteiger partial charge in [-0.2, -0.15) is 0 Å². The average molecular weight is 530 g/mol. The molecule has 160 valence electrons. The molecule has 0 saturated carbocycles. The molecule has 0 heterocycles. The van der Waals surface area contributed by atoms with E-state index in [4.69, 9.17) is 0 Å². The van der Waals surface area contributed by atoms with Crippen molar-refractivity contribution in [2.45, 2.75) is 31.7 Å². The average Bonchev–Trinajstić information content (AvgIpc) is 2.63. The quantitative estimate of drug-likeness (QED) is 0.328. The van der Waals surface area contributed by atoms with E-state index in [1.54, 1.807) is 19.2 Å². The van der Waals surface area contributed by atoms with E-state index in [1.807, 2.05) is 12.1 Å². The first-order valence-corrected chi connectivity index (χ1v) is 10.7. The second kappa shape index (κ2) is 11.5. The lowest BCUT2D eigenvalue weighted by Gasteiger charge is -2.17. The molecule has 0 aliphatic rings. The molecule has 2 aromatic rings. The number of aliphatic imine (C=N–C) groups is 1. The molecule has 0 unspecified atom stereocenters. The molecule has 6 nitrogen and oxygen atoms in total. The van der Waals surface area contributed by atoms with Crippen LogP contribution in [0.25, 0.3) is 0 Å². The zero-order valence-corrected chi connectivity index (χ0v) is 20.8. The predicted octanol–water partition coefficient (Wildman–Crippen LogP) is 3.08. The zero-order chi connectivity index (χ0) is 20.7. The van der Waals surface area contributed by atoms with Gasteiger partial charge < -0.3 is 10.6 Å². The summed E-state index contributed by atoms with van der Waals surface area (Å²) in [6.45, 7) is 5.31. The fourth-order valence-electron chi connectivity index (χ4n) is 3.04. The number of guanidine groups is 1. The van der Waals surface area contributed by atoms with E-state index in [2.05, 4.69) is 47.7 Å². The molecule has 0 spiro atoms. The molecule has 0 radical (unpaired) electrons. The fraction of sp³-hybridized carbons (Fsp3) is 0.381. The van der Waals surface area contributed by atoms with Crippen LogP contribution in [0, 0.1) is 13.8 Å². The molecule has 0 bridgehead atoms. The molecular formula is C21H31IN4O2S. The van der Waals surface area contributed by atoms with Crippen molar-refractivity contribution in [1.29, 1.82) is 0 Å². The van der Waals surface area contributed by atoms with E-state index >= 15 is 0 Å². The second-order valence-electron chi connectivity index (χ2n) is 6.99. The summed E-state index contributed by atoms with van der Waals surface area (Å²) in [5.74, 6) is 0.640. The lowest BCUT2D eigenvalue weighted by atomic mass is 10.1. The number of nitrogens with zero attached hydrogens (tertiary/aromatic N) is 2. The van der Waals surface area contributed by atoms with Crippen LogP contribution >= 0.6 is 24.0 Å². The van der Waals surface area contributed by atoms with Gasteiger partial charge in [0, 0.05) is 34.2 Å². The largest absolute Gasteiger partial charge is 0.356 e. The van der Waals surface area contributed by atoms with Crippen molar-refractivity contribution < 1.29 is 8.42 Å². The molecule has 0 aliphatic heterocycles. The van der Waals surface area contributed by atoms with Crippen LogP contribution in [-0.4, -0.2) is 46.4 Å². The molecular weight excluding hydrogens is 499 g/mol. The van der Waals surface area contributed by atoms with Gasteiger partial charge in [-0.05, 0) is 37.5 Å². The van der Waals surface area contributed by atoms with Gasteiger partial charge in [-0.1, -0.05) is 47.5 Å². The summed E-state index contributed by atoms with van der Waals surface area (Å²) >= 11 is 0. The molecule has 0 aromatic heterocycles. The summed E-state index contributed by atoms with van der Waals surface area (Å²) in [7, 11) is 1.28. The molecule has 29 heavy (non-hydrogen) atoms. The van der Waals surface area contributed by atoms with E-state index in [-0.39, 0.29) is 24.0 Å². The zero-order valence-electron chi connectivity index (χ0n) is 17.7. The third kappa shape index (κ3) is 7.27. The normalized spacial score (nSPS) is 11.9. The first-order valence-electron chi connectivity index (χ1n) is 9.26. The molecule has 0 saturated heterocycles. The number of rotatable bonds is 7. The Labute approximate surface area is 191 Å². The highest BCUT2D eigenvalue weighted by Crippen LogP contribution is 2.18. The van der Waals surface area contributed by atoms with E-state index in [9.17, 15) is 8.42 Å². The highest BCUT2D eigenvalue weighted by Gasteiger charge is 2.20. The van der Waals surface area contributed by atoms with Crippen molar-refractivity contribution in [3.8, 4) is 0 Å². The standard InChI is InChI=1S/C21H30N4O2S.HI/c1-16-12-17(2)14-18(13-16)10-11-23-21(22-3)24-15-19-8-6-7-9-20(19)28(26,27)25(4)5;/h6-9,12-14H,10-11,15H2,1-5H3,(H2,22,23,24);1H. The maximum atomic E-state index is 12.5. The lowest BCUT2D eigenvalue weighted by molar-refractivity contribution is 0.519. The highest BCUT2D eigenvalue weighted by atomic mass is 127. The summed E-state index contributed by atoms with van der Waals surface area (Å²) in [6.07, 6.45) is 0.884. The van der Waals surface area contributed by atoms with Crippen molar-refractivity contribution in [2.75, 3.05) is 27.7 Å². The summed E-state index contributed by atoms with van der Waals surface area (Å²) in [5, 5.41) is 6.49. The van der Waals surface area contributed by atoms with Gasteiger partial charge in [0.25, 0.3) is 0 Å². The van der Waals surface area contributed by atoms with Crippen molar-refractivity contribution in [2.24, 2.45) is 4.99 Å². The van der Waals surface area contributed by atoms with Crippen LogP contribution in [-0.2, 0) is 23.0 Å². The Morgan fingerprint density at radius 1 is 1.03 bits per heavy atom. The lowest BCUT2D eigenvalue weighted by Crippen LogP contribution is -2.38. The van der Waals surface area contributed by atoms with Gasteiger partial charge in [0.05, 0.1) is 4.90 Å². The molecule has 8 heteroatoms. The SMILES string of the molecule is CN=C(NCCc1cc(C)cc(C)c1)NCc1ccccc1S(=O)(=O)N(C)C.I. The minimum atomic E-state index is -3.49. The number of sulfonamides is 1. The first-order chi connectivity index (χ1) is 13.2. The van der Waals surface area contributed by atoms with E-state index in [0.717, 1.165) is 13.0 Å². The van der Waals surface area contributed by atoms with Gasteiger partial charge in [0.2, 0.25) is 10.0 Å². The number of aryl methyl sites for hydroxylation is 2. The van der Waals surface area contributed by atoms with Crippen molar-refractivity contribution in [1.82, 2.24) is 14.9 Å². The minimum absolute atomic E-state index is 0. The third-order valence-electron chi connectivity index (χ3n) is 4.39. The number of benzene rings is 2. The smallest absolute Gasteiger partial charge is 0.242 e. The van der Waals surface area contributed by atoms with Gasteiger partial charge in [0.1, 0.15) is 0 Å². The van der Waals surface area contributed by atoms with Crippen LogP contribution in [0.3, 0.4) is 0 Å². The van der Waals surface area contributed by atoms with Gasteiger partial charge in [-0.15, -0.1) is 24.0 Å². The van der Waals surface area contributed by atoms with Crippen LogP contribution in [0.2, 0.25) is 0 Å². The first kappa shape index (κ1) is 25.4. The fourth-order valence-corrected chi connectivity index (χ4v) is 4.15. The van der Waals surface area contributed by atoms with E-state index in [0.29, 0.717) is 23.0 Å². The Morgan fingerprint density at radius 3 is 2.24 bits per heavy atom. The summed E-state index contributed by atoms with van der Waals surface area (Å²) in [5.41, 5.74) is 4.50. The molecule has 2 N–H and O–H groups in total. The van der Waals surface area contributed by atoms with Crippen LogP contribution in [0.4, 0.5) is 0 Å². The number of hydrogen-bond donors (Lipinski definition) is 2. The molecule has 2 aromatic carbocycles. The van der Waals surface area contributed by atoms with E-state index in [1.165, 1.54) is 35.1 Å². The van der Waals surface area contributed by atoms with Gasteiger partial charge >= 0.3 is 0 Å². The van der Waals surface area contributed by atoms with Gasteiger partial charge in [-0.25, -0.2) is 12.7 Å². The van der Waals surface area contributed by atoms with Crippen LogP contribution in [0.1, 0.15) is 22.3 Å². The second-order valence-corrected chi connectivity index (χ2v) is 9.11. The molecule has 0 fully saturated rings. The number of halogens is 1. The maximum absolute atomic E-state index is 12.5. The maximum Gasteiger partial charge on any atom is 0.242 e. The van der Waals surface area contributed by atoms with Crippen LogP contribution in [0.15, 0.2) is 52.4 Å². The summed E-state index contributed by atoms with van der Waals surface area (Å²) in [4.78, 5) is 4.53. The predicted molar refractivity (Wildman–Crippen MR) is 131 cm³/mol. The Hall–Kier alpha value is -1.65. The number of hydrogen-bond acceptors (Lipinski definition) is 3. The third-order valence-corrected chi connectivity index (χ3v) is 6.30. The van der Waals surface area contributed by atoms with E-state index < -0.39 is 10.0 Å². The number of nitrogens with one attached hydrogen (secondary N) is 2. The van der Waals surface area contributed by atoms with Gasteiger partial charge in [0.15, 0.2) is 5.96 Å². The molecule has 0 amide bonds. The summed E-state index contributed by atoms with van der Waals surface area (Å²) in [6, 6.07) is 13.5. The van der Waals surface area contributed by atoms with Crippen molar-refractivity contribution in [3.63, 3.8) is 0 Å². The highest BCUT2D eigenvalue weighted by molar-refractivity contribution is 14.0. The Kier molecular flexibility index (Phi) is 10.1.